The second-order valence-electron chi connectivity index (χ2n) is 5.28. The van der Waals surface area contributed by atoms with Crippen molar-refractivity contribution in [2.45, 2.75) is 39.3 Å². The van der Waals surface area contributed by atoms with E-state index in [1.165, 1.54) is 24.3 Å². The number of esters is 1. The summed E-state index contributed by atoms with van der Waals surface area (Å²) in [6.45, 7) is 6.85. The van der Waals surface area contributed by atoms with Crippen molar-refractivity contribution in [3.05, 3.63) is 29.8 Å². The summed E-state index contributed by atoms with van der Waals surface area (Å²) in [5.74, 6) is -0.797. The van der Waals surface area contributed by atoms with Crippen LogP contribution in [0.25, 0.3) is 0 Å². The monoisotopic (exact) mass is 265 g/mol. The number of benzene rings is 1. The van der Waals surface area contributed by atoms with E-state index in [0.717, 1.165) is 0 Å². The first-order valence-corrected chi connectivity index (χ1v) is 6.02. The zero-order chi connectivity index (χ0) is 14.6. The van der Waals surface area contributed by atoms with E-state index in [1.54, 1.807) is 27.7 Å². The van der Waals surface area contributed by atoms with E-state index < -0.39 is 23.5 Å². The molecule has 19 heavy (non-hydrogen) atoms. The second kappa shape index (κ2) is 5.73. The third-order valence-corrected chi connectivity index (χ3v) is 2.24. The van der Waals surface area contributed by atoms with Crippen LogP contribution in [0, 0.1) is 0 Å². The van der Waals surface area contributed by atoms with Crippen molar-refractivity contribution in [3.63, 3.8) is 0 Å². The zero-order valence-electron chi connectivity index (χ0n) is 11.6. The van der Waals surface area contributed by atoms with Crippen LogP contribution in [0.4, 0.5) is 0 Å². The third kappa shape index (κ3) is 4.99. The van der Waals surface area contributed by atoms with Gasteiger partial charge in [-0.25, -0.2) is 4.79 Å². The number of ether oxygens (including phenoxy) is 1. The molecule has 0 aliphatic carbocycles. The molecule has 1 atom stereocenters. The summed E-state index contributed by atoms with van der Waals surface area (Å²) >= 11 is 0. The summed E-state index contributed by atoms with van der Waals surface area (Å²) < 4.78 is 5.16. The Kier molecular flexibility index (Phi) is 4.53. The topological polar surface area (TPSA) is 75.6 Å². The van der Waals surface area contributed by atoms with Crippen molar-refractivity contribution >= 4 is 11.9 Å². The Balaban J connectivity index is 2.61. The van der Waals surface area contributed by atoms with E-state index in [9.17, 15) is 9.59 Å². The Labute approximate surface area is 112 Å². The maximum atomic E-state index is 11.8. The van der Waals surface area contributed by atoms with Crippen LogP contribution < -0.4 is 5.32 Å². The molecule has 1 amide bonds. The predicted molar refractivity (Wildman–Crippen MR) is 70.9 cm³/mol. The Morgan fingerprint density at radius 1 is 1.21 bits per heavy atom. The van der Waals surface area contributed by atoms with Crippen LogP contribution in [0.15, 0.2) is 24.3 Å². The Bertz CT molecular complexity index is 459. The van der Waals surface area contributed by atoms with Gasteiger partial charge in [-0.3, -0.25) is 4.79 Å². The van der Waals surface area contributed by atoms with Crippen molar-refractivity contribution in [1.29, 1.82) is 0 Å². The van der Waals surface area contributed by atoms with E-state index in [-0.39, 0.29) is 5.75 Å². The van der Waals surface area contributed by atoms with Gasteiger partial charge in [0.2, 0.25) is 0 Å². The number of phenolic OH excluding ortho intramolecular Hbond substituents is 1. The normalized spacial score (nSPS) is 12.6. The summed E-state index contributed by atoms with van der Waals surface area (Å²) in [4.78, 5) is 23.5. The predicted octanol–water partition coefficient (Wildman–Crippen LogP) is 1.85. The van der Waals surface area contributed by atoms with Crippen molar-refractivity contribution < 1.29 is 19.4 Å². The first-order valence-electron chi connectivity index (χ1n) is 6.02. The van der Waals surface area contributed by atoms with Crippen molar-refractivity contribution in [3.8, 4) is 5.75 Å². The van der Waals surface area contributed by atoms with Crippen LogP contribution in [0.1, 0.15) is 38.1 Å². The largest absolute Gasteiger partial charge is 0.508 e. The fourth-order valence-corrected chi connectivity index (χ4v) is 1.34. The molecule has 0 aromatic heterocycles. The molecule has 0 radical (unpaired) electrons. The van der Waals surface area contributed by atoms with Gasteiger partial charge in [-0.05, 0) is 52.0 Å². The molecule has 0 fully saturated rings. The average molecular weight is 265 g/mol. The van der Waals surface area contributed by atoms with E-state index in [4.69, 9.17) is 9.84 Å². The van der Waals surface area contributed by atoms with Crippen LogP contribution >= 0.6 is 0 Å². The highest BCUT2D eigenvalue weighted by atomic mass is 16.6. The van der Waals surface area contributed by atoms with Crippen molar-refractivity contribution in [2.75, 3.05) is 0 Å². The fourth-order valence-electron chi connectivity index (χ4n) is 1.34. The van der Waals surface area contributed by atoms with Gasteiger partial charge >= 0.3 is 5.97 Å². The molecule has 1 rings (SSSR count). The summed E-state index contributed by atoms with van der Waals surface area (Å²) in [5.41, 5.74) is -0.220. The number of carbonyl (C=O) groups excluding carboxylic acids is 2. The number of nitrogens with one attached hydrogen (secondary N) is 1. The molecule has 5 nitrogen and oxygen atoms in total. The lowest BCUT2D eigenvalue weighted by Gasteiger charge is -2.22. The summed E-state index contributed by atoms with van der Waals surface area (Å²) in [6.07, 6.45) is 0. The Hall–Kier alpha value is -2.04. The molecule has 0 spiro atoms. The molecule has 0 heterocycles. The maximum absolute atomic E-state index is 11.8. The van der Waals surface area contributed by atoms with Crippen LogP contribution in [-0.2, 0) is 9.53 Å². The first kappa shape index (κ1) is 15.0. The standard InChI is InChI=1S/C14H19NO4/c1-9(13(18)19-14(2,3)4)15-12(17)10-5-7-11(16)8-6-10/h5-9,16H,1-4H3,(H,15,17)/t9-/m1/s1. The molecule has 5 heteroatoms. The van der Waals surface area contributed by atoms with Gasteiger partial charge in [0.1, 0.15) is 17.4 Å². The summed E-state index contributed by atoms with van der Waals surface area (Å²) in [6, 6.07) is 5.04. The van der Waals surface area contributed by atoms with Gasteiger partial charge in [0.15, 0.2) is 0 Å². The zero-order valence-corrected chi connectivity index (χ0v) is 11.6. The lowest BCUT2D eigenvalue weighted by molar-refractivity contribution is -0.156. The molecule has 0 aliphatic rings. The number of hydrogen-bond acceptors (Lipinski definition) is 4. The minimum atomic E-state index is -0.736. The molecule has 1 aromatic rings. The van der Waals surface area contributed by atoms with E-state index in [1.807, 2.05) is 0 Å². The molecule has 0 saturated heterocycles. The smallest absolute Gasteiger partial charge is 0.328 e. The molecule has 0 unspecified atom stereocenters. The molecule has 0 bridgehead atoms. The van der Waals surface area contributed by atoms with Gasteiger partial charge in [0.25, 0.3) is 5.91 Å². The molecule has 104 valence electrons. The number of aromatic hydroxyl groups is 1. The minimum Gasteiger partial charge on any atom is -0.508 e. The second-order valence-corrected chi connectivity index (χ2v) is 5.28. The molecule has 1 aromatic carbocycles. The van der Waals surface area contributed by atoms with Crippen LogP contribution in [0.5, 0.6) is 5.75 Å². The molecule has 0 saturated carbocycles. The van der Waals surface area contributed by atoms with E-state index in [2.05, 4.69) is 5.32 Å². The van der Waals surface area contributed by atoms with Crippen molar-refractivity contribution in [1.82, 2.24) is 5.32 Å². The van der Waals surface area contributed by atoms with Gasteiger partial charge in [-0.1, -0.05) is 0 Å². The van der Waals surface area contributed by atoms with Crippen LogP contribution in [-0.4, -0.2) is 28.6 Å². The SMILES string of the molecule is C[C@@H](NC(=O)c1ccc(O)cc1)C(=O)OC(C)(C)C. The van der Waals surface area contributed by atoms with Crippen LogP contribution in [0.3, 0.4) is 0 Å². The average Bonchev–Trinajstić information content (AvgIpc) is 2.27. The van der Waals surface area contributed by atoms with Gasteiger partial charge in [0.05, 0.1) is 0 Å². The van der Waals surface area contributed by atoms with E-state index in [0.29, 0.717) is 5.56 Å². The Morgan fingerprint density at radius 2 is 1.74 bits per heavy atom. The lowest BCUT2D eigenvalue weighted by atomic mass is 10.1. The third-order valence-electron chi connectivity index (χ3n) is 2.24. The summed E-state index contributed by atoms with van der Waals surface area (Å²) in [5, 5.41) is 11.7. The van der Waals surface area contributed by atoms with Gasteiger partial charge in [-0.15, -0.1) is 0 Å². The maximum Gasteiger partial charge on any atom is 0.328 e. The van der Waals surface area contributed by atoms with Gasteiger partial charge in [0, 0.05) is 5.56 Å². The Morgan fingerprint density at radius 3 is 2.21 bits per heavy atom. The quantitative estimate of drug-likeness (QED) is 0.818. The van der Waals surface area contributed by atoms with Crippen LogP contribution in [0.2, 0.25) is 0 Å². The molecular weight excluding hydrogens is 246 g/mol. The van der Waals surface area contributed by atoms with Gasteiger partial charge in [-0.2, -0.15) is 0 Å². The highest BCUT2D eigenvalue weighted by Gasteiger charge is 2.23. The number of hydrogen-bond donors (Lipinski definition) is 2. The van der Waals surface area contributed by atoms with E-state index >= 15 is 0 Å². The van der Waals surface area contributed by atoms with Gasteiger partial charge < -0.3 is 15.2 Å². The lowest BCUT2D eigenvalue weighted by Crippen LogP contribution is -2.42. The first-order chi connectivity index (χ1) is 8.69. The number of amides is 1. The number of phenols is 1. The van der Waals surface area contributed by atoms with Crippen molar-refractivity contribution in [2.24, 2.45) is 0 Å². The summed E-state index contributed by atoms with van der Waals surface area (Å²) in [7, 11) is 0. The molecule has 2 N–H and O–H groups in total. The molecular formula is C14H19NO4. The highest BCUT2D eigenvalue weighted by molar-refractivity contribution is 5.96. The minimum absolute atomic E-state index is 0.0803. The number of carbonyl (C=O) groups is 2. The highest BCUT2D eigenvalue weighted by Crippen LogP contribution is 2.11. The fraction of sp³-hybridized carbons (Fsp3) is 0.429. The number of rotatable bonds is 3. The molecule has 0 aliphatic heterocycles.